The van der Waals surface area contributed by atoms with Gasteiger partial charge in [-0.25, -0.2) is 28.8 Å². The number of nitrogens with two attached hydrogens (primary N) is 1. The SMILES string of the molecule is NS(=O)(=O)c1ccc(CN2CC(Cn3c(=O)[nH]c4c(O)cccc4c3=O)NN2)cc1. The van der Waals surface area contributed by atoms with E-state index >= 15 is 0 Å². The highest BCUT2D eigenvalue weighted by Gasteiger charge is 2.24. The summed E-state index contributed by atoms with van der Waals surface area (Å²) in [5.41, 5.74) is 5.89. The molecule has 1 aromatic heterocycles. The molecule has 6 N–H and O–H groups in total. The van der Waals surface area contributed by atoms with E-state index in [4.69, 9.17) is 5.14 Å². The number of hydrogen-bond donors (Lipinski definition) is 5. The van der Waals surface area contributed by atoms with Gasteiger partial charge in [0.1, 0.15) is 5.75 Å². The van der Waals surface area contributed by atoms with Crippen LogP contribution in [-0.2, 0) is 23.1 Å². The Bertz CT molecular complexity index is 1320. The van der Waals surface area contributed by atoms with Gasteiger partial charge >= 0.3 is 5.69 Å². The van der Waals surface area contributed by atoms with Crippen molar-refractivity contribution in [1.29, 1.82) is 0 Å². The normalized spacial score (nSPS) is 17.6. The second-order valence-corrected chi connectivity index (χ2v) is 8.63. The number of phenols is 1. The maximum Gasteiger partial charge on any atom is 0.328 e. The van der Waals surface area contributed by atoms with Crippen molar-refractivity contribution in [3.63, 3.8) is 0 Å². The number of nitrogens with one attached hydrogen (secondary N) is 3. The van der Waals surface area contributed by atoms with E-state index in [9.17, 15) is 23.1 Å². The molecular formula is C18H20N6O5S. The summed E-state index contributed by atoms with van der Waals surface area (Å²) in [6.07, 6.45) is 0. The Kier molecular flexibility index (Phi) is 5.17. The van der Waals surface area contributed by atoms with Gasteiger partial charge in [0.2, 0.25) is 10.0 Å². The first-order chi connectivity index (χ1) is 14.2. The molecule has 0 saturated carbocycles. The first-order valence-electron chi connectivity index (χ1n) is 9.05. The van der Waals surface area contributed by atoms with Crippen molar-refractivity contribution in [2.45, 2.75) is 24.0 Å². The Morgan fingerprint density at radius 3 is 2.57 bits per heavy atom. The van der Waals surface area contributed by atoms with E-state index in [1.54, 1.807) is 24.3 Å². The molecule has 1 aliphatic heterocycles. The smallest absolute Gasteiger partial charge is 0.328 e. The van der Waals surface area contributed by atoms with Crippen molar-refractivity contribution in [1.82, 2.24) is 25.5 Å². The summed E-state index contributed by atoms with van der Waals surface area (Å²) < 4.78 is 23.8. The number of hydrazine groups is 2. The number of benzene rings is 2. The number of aromatic amines is 1. The molecule has 0 aliphatic carbocycles. The first kappa shape index (κ1) is 20.3. The molecule has 1 atom stereocenters. The first-order valence-corrected chi connectivity index (χ1v) is 10.6. The van der Waals surface area contributed by atoms with Crippen LogP contribution in [0.1, 0.15) is 5.56 Å². The molecule has 2 heterocycles. The largest absolute Gasteiger partial charge is 0.506 e. The minimum absolute atomic E-state index is 0.0394. The van der Waals surface area contributed by atoms with E-state index < -0.39 is 21.3 Å². The maximum absolute atomic E-state index is 12.7. The topological polar surface area (TPSA) is 163 Å². The van der Waals surface area contributed by atoms with Crippen molar-refractivity contribution < 1.29 is 13.5 Å². The predicted octanol–water partition coefficient (Wildman–Crippen LogP) is -1.06. The highest BCUT2D eigenvalue weighted by molar-refractivity contribution is 7.89. The highest BCUT2D eigenvalue weighted by Crippen LogP contribution is 2.18. The zero-order valence-electron chi connectivity index (χ0n) is 15.7. The summed E-state index contributed by atoms with van der Waals surface area (Å²) >= 11 is 0. The van der Waals surface area contributed by atoms with Crippen molar-refractivity contribution >= 4 is 20.9 Å². The molecule has 1 fully saturated rings. The summed E-state index contributed by atoms with van der Waals surface area (Å²) in [7, 11) is -3.74. The summed E-state index contributed by atoms with van der Waals surface area (Å²) in [6, 6.07) is 10.5. The highest BCUT2D eigenvalue weighted by atomic mass is 32.2. The van der Waals surface area contributed by atoms with E-state index in [-0.39, 0.29) is 34.1 Å². The Morgan fingerprint density at radius 2 is 1.87 bits per heavy atom. The third kappa shape index (κ3) is 3.99. The van der Waals surface area contributed by atoms with Gasteiger partial charge in [-0.2, -0.15) is 5.53 Å². The van der Waals surface area contributed by atoms with Gasteiger partial charge in [0.05, 0.1) is 21.8 Å². The van der Waals surface area contributed by atoms with E-state index in [0.717, 1.165) is 10.1 Å². The van der Waals surface area contributed by atoms with Crippen LogP contribution in [-0.4, -0.2) is 40.7 Å². The third-order valence-corrected chi connectivity index (χ3v) is 5.82. The lowest BCUT2D eigenvalue weighted by molar-refractivity contribution is 0.224. The molecule has 30 heavy (non-hydrogen) atoms. The number of primary sulfonamides is 1. The molecule has 3 aromatic rings. The number of aromatic hydroxyl groups is 1. The zero-order valence-corrected chi connectivity index (χ0v) is 16.5. The molecule has 12 heteroatoms. The minimum Gasteiger partial charge on any atom is -0.506 e. The van der Waals surface area contributed by atoms with Crippen LogP contribution in [0.15, 0.2) is 56.9 Å². The van der Waals surface area contributed by atoms with Crippen LogP contribution in [0.25, 0.3) is 10.9 Å². The number of para-hydroxylation sites is 1. The van der Waals surface area contributed by atoms with Crippen molar-refractivity contribution in [2.75, 3.05) is 6.54 Å². The average molecular weight is 432 g/mol. The molecule has 11 nitrogen and oxygen atoms in total. The quantitative estimate of drug-likeness (QED) is 0.341. The monoisotopic (exact) mass is 432 g/mol. The summed E-state index contributed by atoms with van der Waals surface area (Å²) in [5, 5.41) is 17.0. The lowest BCUT2D eigenvalue weighted by atomic mass is 10.2. The molecular weight excluding hydrogens is 412 g/mol. The van der Waals surface area contributed by atoms with Gasteiger partial charge in [-0.05, 0) is 29.8 Å². The Morgan fingerprint density at radius 1 is 1.13 bits per heavy atom. The number of fused-ring (bicyclic) bond motifs is 1. The van der Waals surface area contributed by atoms with Crippen molar-refractivity contribution in [2.24, 2.45) is 5.14 Å². The number of H-pyrrole nitrogens is 1. The fourth-order valence-corrected chi connectivity index (χ4v) is 3.92. The van der Waals surface area contributed by atoms with E-state index in [2.05, 4.69) is 15.9 Å². The number of hydrogen-bond acceptors (Lipinski definition) is 8. The maximum atomic E-state index is 12.7. The second kappa shape index (κ2) is 7.66. The van der Waals surface area contributed by atoms with Crippen LogP contribution in [0, 0.1) is 0 Å². The summed E-state index contributed by atoms with van der Waals surface area (Å²) in [5.74, 6) is -0.158. The van der Waals surface area contributed by atoms with Gasteiger partial charge in [0.15, 0.2) is 0 Å². The van der Waals surface area contributed by atoms with Crippen LogP contribution < -0.4 is 27.3 Å². The molecule has 1 aliphatic rings. The predicted molar refractivity (Wildman–Crippen MR) is 109 cm³/mol. The standard InChI is InChI=1S/C18H20N6O5S/c19-30(28,29)13-6-4-11(5-7-13)8-23-9-12(21-22-23)10-24-17(26)14-2-1-3-15(25)16(14)20-18(24)27/h1-7,12,21-22,25H,8-10H2,(H,20,27)(H2,19,28,29). The Hall–Kier alpha value is -3.03. The van der Waals surface area contributed by atoms with Crippen LogP contribution in [0.5, 0.6) is 5.75 Å². The molecule has 1 saturated heterocycles. The Labute approximate surface area is 170 Å². The minimum atomic E-state index is -3.74. The number of rotatable bonds is 5. The van der Waals surface area contributed by atoms with Crippen molar-refractivity contribution in [3.05, 3.63) is 68.9 Å². The van der Waals surface area contributed by atoms with E-state index in [0.29, 0.717) is 13.1 Å². The van der Waals surface area contributed by atoms with Gasteiger partial charge in [0, 0.05) is 19.6 Å². The molecule has 1 unspecified atom stereocenters. The third-order valence-electron chi connectivity index (χ3n) is 4.89. The molecule has 0 amide bonds. The molecule has 4 rings (SSSR count). The lowest BCUT2D eigenvalue weighted by Crippen LogP contribution is -2.43. The Balaban J connectivity index is 1.47. The van der Waals surface area contributed by atoms with Gasteiger partial charge in [-0.15, -0.1) is 0 Å². The van der Waals surface area contributed by atoms with E-state index in [1.807, 2.05) is 5.01 Å². The summed E-state index contributed by atoms with van der Waals surface area (Å²) in [4.78, 5) is 27.6. The van der Waals surface area contributed by atoms with Gasteiger partial charge < -0.3 is 10.1 Å². The van der Waals surface area contributed by atoms with Crippen LogP contribution in [0.4, 0.5) is 0 Å². The molecule has 0 radical (unpaired) electrons. The number of sulfonamides is 1. The van der Waals surface area contributed by atoms with E-state index in [1.165, 1.54) is 18.2 Å². The molecule has 0 spiro atoms. The molecule has 2 aromatic carbocycles. The second-order valence-electron chi connectivity index (χ2n) is 7.07. The molecule has 158 valence electrons. The summed E-state index contributed by atoms with van der Waals surface area (Å²) in [6.45, 7) is 1.07. The fraction of sp³-hybridized carbons (Fsp3) is 0.222. The van der Waals surface area contributed by atoms with Gasteiger partial charge in [0.25, 0.3) is 5.56 Å². The van der Waals surface area contributed by atoms with Crippen molar-refractivity contribution in [3.8, 4) is 5.75 Å². The number of phenolic OH excluding ortho intramolecular Hbond substituents is 1. The lowest BCUT2D eigenvalue weighted by Gasteiger charge is -2.15. The van der Waals surface area contributed by atoms with Crippen LogP contribution in [0.3, 0.4) is 0 Å². The number of aromatic nitrogens is 2. The molecule has 0 bridgehead atoms. The number of nitrogens with zero attached hydrogens (tertiary/aromatic N) is 2. The van der Waals surface area contributed by atoms with Gasteiger partial charge in [-0.1, -0.05) is 18.2 Å². The van der Waals surface area contributed by atoms with Crippen LogP contribution in [0.2, 0.25) is 0 Å². The average Bonchev–Trinajstić information content (AvgIpc) is 3.13. The zero-order chi connectivity index (χ0) is 21.5. The van der Waals surface area contributed by atoms with Gasteiger partial charge in [-0.3, -0.25) is 9.36 Å². The van der Waals surface area contributed by atoms with Crippen LogP contribution >= 0.6 is 0 Å². The fourth-order valence-electron chi connectivity index (χ4n) is 3.40.